The van der Waals surface area contributed by atoms with E-state index in [9.17, 15) is 8.78 Å². The lowest BCUT2D eigenvalue weighted by Gasteiger charge is -1.91. The monoisotopic (exact) mass is 130 g/mol. The molecule has 2 nitrogen and oxygen atoms in total. The zero-order valence-corrected chi connectivity index (χ0v) is 4.44. The zero-order chi connectivity index (χ0) is 6.85. The highest BCUT2D eigenvalue weighted by Crippen LogP contribution is 2.05. The summed E-state index contributed by atoms with van der Waals surface area (Å²) in [4.78, 5) is 2.81. The first-order chi connectivity index (χ1) is 4.20. The van der Waals surface area contributed by atoms with E-state index < -0.39 is 11.9 Å². The van der Waals surface area contributed by atoms with Gasteiger partial charge in [0.15, 0.2) is 0 Å². The number of nitrogens with zero attached hydrogens (tertiary/aromatic N) is 1. The Morgan fingerprint density at radius 2 is 2.00 bits per heavy atom. The Labute approximate surface area is 50.3 Å². The number of hydrogen-bond acceptors (Lipinski definition) is 2. The molecule has 1 heterocycles. The maximum Gasteiger partial charge on any atom is 0.238 e. The molecule has 9 heavy (non-hydrogen) atoms. The molecule has 0 aliphatic heterocycles. The SMILES string of the molecule is Nc1ccc(F)nc1F. The normalized spacial score (nSPS) is 9.56. The number of hydrogen-bond donors (Lipinski definition) is 1. The van der Waals surface area contributed by atoms with Crippen LogP contribution in [0.2, 0.25) is 0 Å². The van der Waals surface area contributed by atoms with Crippen LogP contribution >= 0.6 is 0 Å². The van der Waals surface area contributed by atoms with E-state index in [-0.39, 0.29) is 5.69 Å². The standard InChI is InChI=1S/C5H4F2N2/c6-4-2-1-3(8)5(7)9-4/h1-2H,8H2. The number of rotatable bonds is 0. The molecule has 0 fully saturated rings. The van der Waals surface area contributed by atoms with Crippen LogP contribution in [0, 0.1) is 11.9 Å². The molecule has 0 spiro atoms. The molecule has 0 radical (unpaired) electrons. The Hall–Kier alpha value is -1.19. The van der Waals surface area contributed by atoms with Gasteiger partial charge in [0.25, 0.3) is 0 Å². The van der Waals surface area contributed by atoms with Crippen LogP contribution in [0.25, 0.3) is 0 Å². The van der Waals surface area contributed by atoms with Crippen LogP contribution < -0.4 is 5.73 Å². The van der Waals surface area contributed by atoms with Crippen LogP contribution in [0.4, 0.5) is 14.5 Å². The molecule has 0 saturated carbocycles. The minimum atomic E-state index is -0.963. The zero-order valence-electron chi connectivity index (χ0n) is 4.44. The van der Waals surface area contributed by atoms with Gasteiger partial charge in [-0.3, -0.25) is 0 Å². The van der Waals surface area contributed by atoms with Gasteiger partial charge in [0.2, 0.25) is 11.9 Å². The van der Waals surface area contributed by atoms with Crippen LogP contribution in [0.3, 0.4) is 0 Å². The highest BCUT2D eigenvalue weighted by atomic mass is 19.1. The number of nitrogens with two attached hydrogens (primary N) is 1. The third-order valence-electron chi connectivity index (χ3n) is 0.844. The van der Waals surface area contributed by atoms with Crippen LogP contribution in [-0.2, 0) is 0 Å². The molecule has 1 aromatic rings. The minimum absolute atomic E-state index is 0.142. The molecule has 48 valence electrons. The van der Waals surface area contributed by atoms with Gasteiger partial charge in [-0.15, -0.1) is 0 Å². The fraction of sp³-hybridized carbons (Fsp3) is 0. The number of pyridine rings is 1. The summed E-state index contributed by atoms with van der Waals surface area (Å²) in [5.74, 6) is -1.82. The van der Waals surface area contributed by atoms with Crippen molar-refractivity contribution >= 4 is 5.69 Å². The predicted octanol–water partition coefficient (Wildman–Crippen LogP) is 0.942. The predicted molar refractivity (Wildman–Crippen MR) is 28.6 cm³/mol. The van der Waals surface area contributed by atoms with Crippen molar-refractivity contribution in [1.82, 2.24) is 4.98 Å². The number of nitrogen functional groups attached to an aromatic ring is 1. The van der Waals surface area contributed by atoms with Crippen molar-refractivity contribution < 1.29 is 8.78 Å². The van der Waals surface area contributed by atoms with Crippen LogP contribution in [0.1, 0.15) is 0 Å². The number of anilines is 1. The first-order valence-electron chi connectivity index (χ1n) is 2.27. The summed E-state index contributed by atoms with van der Waals surface area (Å²) in [5, 5.41) is 0. The average molecular weight is 130 g/mol. The lowest BCUT2D eigenvalue weighted by molar-refractivity contribution is 0.516. The Morgan fingerprint density at radius 3 is 2.44 bits per heavy atom. The van der Waals surface area contributed by atoms with Crippen LogP contribution in [0.5, 0.6) is 0 Å². The van der Waals surface area contributed by atoms with Crippen molar-refractivity contribution in [2.75, 3.05) is 5.73 Å². The van der Waals surface area contributed by atoms with Gasteiger partial charge in [-0.1, -0.05) is 0 Å². The number of aromatic nitrogens is 1. The van der Waals surface area contributed by atoms with Crippen LogP contribution in [0.15, 0.2) is 12.1 Å². The molecule has 0 amide bonds. The second-order valence-corrected chi connectivity index (χ2v) is 1.51. The lowest BCUT2D eigenvalue weighted by Crippen LogP contribution is -1.94. The topological polar surface area (TPSA) is 38.9 Å². The third kappa shape index (κ3) is 1.13. The molecule has 0 aliphatic rings. The summed E-state index contributed by atoms with van der Waals surface area (Å²) in [6.07, 6.45) is 0. The second-order valence-electron chi connectivity index (χ2n) is 1.51. The van der Waals surface area contributed by atoms with E-state index in [4.69, 9.17) is 5.73 Å². The third-order valence-corrected chi connectivity index (χ3v) is 0.844. The average Bonchev–Trinajstić information content (AvgIpc) is 1.80. The van der Waals surface area contributed by atoms with E-state index >= 15 is 0 Å². The van der Waals surface area contributed by atoms with E-state index in [1.54, 1.807) is 0 Å². The summed E-state index contributed by atoms with van der Waals surface area (Å²) >= 11 is 0. The molecule has 1 rings (SSSR count). The van der Waals surface area contributed by atoms with Crippen molar-refractivity contribution in [3.63, 3.8) is 0 Å². The van der Waals surface area contributed by atoms with Gasteiger partial charge in [0, 0.05) is 0 Å². The molecule has 0 atom stereocenters. The first kappa shape index (κ1) is 5.94. The van der Waals surface area contributed by atoms with Crippen molar-refractivity contribution in [2.45, 2.75) is 0 Å². The van der Waals surface area contributed by atoms with Gasteiger partial charge in [-0.05, 0) is 12.1 Å². The fourth-order valence-electron chi connectivity index (χ4n) is 0.423. The van der Waals surface area contributed by atoms with E-state index in [1.807, 2.05) is 0 Å². The summed E-state index contributed by atoms with van der Waals surface area (Å²) < 4.78 is 24.0. The van der Waals surface area contributed by atoms with E-state index in [0.29, 0.717) is 0 Å². The minimum Gasteiger partial charge on any atom is -0.395 e. The highest BCUT2D eigenvalue weighted by molar-refractivity contribution is 5.34. The summed E-state index contributed by atoms with van der Waals surface area (Å²) in [5.41, 5.74) is 4.84. The first-order valence-corrected chi connectivity index (χ1v) is 2.27. The Bertz CT molecular complexity index is 224. The smallest absolute Gasteiger partial charge is 0.238 e. The van der Waals surface area contributed by atoms with Gasteiger partial charge in [0.1, 0.15) is 0 Å². The maximum atomic E-state index is 12.1. The van der Waals surface area contributed by atoms with E-state index in [2.05, 4.69) is 4.98 Å². The van der Waals surface area contributed by atoms with Gasteiger partial charge in [0.05, 0.1) is 5.69 Å². The summed E-state index contributed by atoms with van der Waals surface area (Å²) in [6.45, 7) is 0. The summed E-state index contributed by atoms with van der Waals surface area (Å²) in [7, 11) is 0. The highest BCUT2D eigenvalue weighted by Gasteiger charge is 1.98. The van der Waals surface area contributed by atoms with Crippen LogP contribution in [-0.4, -0.2) is 4.98 Å². The molecule has 0 aliphatic carbocycles. The van der Waals surface area contributed by atoms with Crippen molar-refractivity contribution in [3.05, 3.63) is 24.0 Å². The molecule has 0 saturated heterocycles. The van der Waals surface area contributed by atoms with Gasteiger partial charge < -0.3 is 5.73 Å². The molecular formula is C5H4F2N2. The van der Waals surface area contributed by atoms with Gasteiger partial charge >= 0.3 is 0 Å². The van der Waals surface area contributed by atoms with Crippen molar-refractivity contribution in [1.29, 1.82) is 0 Å². The molecule has 4 heteroatoms. The van der Waals surface area contributed by atoms with E-state index in [0.717, 1.165) is 12.1 Å². The molecule has 0 aromatic carbocycles. The van der Waals surface area contributed by atoms with Gasteiger partial charge in [-0.2, -0.15) is 13.8 Å². The summed E-state index contributed by atoms with van der Waals surface area (Å²) in [6, 6.07) is 2.12. The second kappa shape index (κ2) is 1.97. The van der Waals surface area contributed by atoms with Crippen molar-refractivity contribution in [3.8, 4) is 0 Å². The fourth-order valence-corrected chi connectivity index (χ4v) is 0.423. The maximum absolute atomic E-state index is 12.1. The Morgan fingerprint density at radius 1 is 1.33 bits per heavy atom. The van der Waals surface area contributed by atoms with Crippen molar-refractivity contribution in [2.24, 2.45) is 0 Å². The molecule has 1 aromatic heterocycles. The quantitative estimate of drug-likeness (QED) is 0.531. The Kier molecular flexibility index (Phi) is 1.30. The molecule has 0 unspecified atom stereocenters. The Balaban J connectivity index is 3.17. The molecule has 0 bridgehead atoms. The molecule has 2 N–H and O–H groups in total. The molecular weight excluding hydrogens is 126 g/mol. The van der Waals surface area contributed by atoms with Gasteiger partial charge in [-0.25, -0.2) is 0 Å². The number of halogens is 2. The lowest BCUT2D eigenvalue weighted by atomic mass is 10.4. The van der Waals surface area contributed by atoms with E-state index in [1.165, 1.54) is 0 Å². The largest absolute Gasteiger partial charge is 0.395 e.